The second-order valence-electron chi connectivity index (χ2n) is 5.33. The lowest BCUT2D eigenvalue weighted by Gasteiger charge is -2.11. The smallest absolute Gasteiger partial charge is 0.313 e. The summed E-state index contributed by atoms with van der Waals surface area (Å²) in [4.78, 5) is 35.5. The first kappa shape index (κ1) is 18.7. The fourth-order valence-electron chi connectivity index (χ4n) is 2.36. The molecule has 0 unspecified atom stereocenters. The van der Waals surface area contributed by atoms with Gasteiger partial charge < -0.3 is 18.8 Å². The van der Waals surface area contributed by atoms with Crippen LogP contribution in [0.5, 0.6) is 5.75 Å². The Morgan fingerprint density at radius 3 is 2.68 bits per heavy atom. The molecular weight excluding hydrogens is 326 g/mol. The molecule has 0 N–H and O–H groups in total. The van der Waals surface area contributed by atoms with E-state index in [1.165, 1.54) is 0 Å². The normalized spacial score (nSPS) is 10.6. The minimum atomic E-state index is -0.574. The van der Waals surface area contributed by atoms with E-state index >= 15 is 0 Å². The van der Waals surface area contributed by atoms with Crippen LogP contribution >= 0.6 is 0 Å². The molecule has 1 aromatic heterocycles. The molecule has 0 amide bonds. The molecule has 0 saturated heterocycles. The molecule has 0 saturated carbocycles. The quantitative estimate of drug-likeness (QED) is 0.505. The highest BCUT2D eigenvalue weighted by Gasteiger charge is 2.13. The minimum absolute atomic E-state index is 0.155. The summed E-state index contributed by atoms with van der Waals surface area (Å²) in [6, 6.07) is 6.83. The van der Waals surface area contributed by atoms with Crippen LogP contribution in [0, 0.1) is 0 Å². The Kier molecular flexibility index (Phi) is 6.71. The first-order valence-electron chi connectivity index (χ1n) is 7.98. The van der Waals surface area contributed by atoms with Crippen molar-refractivity contribution >= 4 is 22.5 Å². The fraction of sp³-hybridized carbons (Fsp3) is 0.389. The van der Waals surface area contributed by atoms with Gasteiger partial charge in [0.15, 0.2) is 5.78 Å². The average Bonchev–Trinajstić information content (AvgIpc) is 2.59. The lowest BCUT2D eigenvalue weighted by Crippen LogP contribution is -2.22. The number of hydrogen-bond donors (Lipinski definition) is 0. The number of pyridine rings is 1. The molecule has 0 fully saturated rings. The van der Waals surface area contributed by atoms with Gasteiger partial charge in [-0.3, -0.25) is 14.4 Å². The van der Waals surface area contributed by atoms with E-state index in [0.29, 0.717) is 29.7 Å². The van der Waals surface area contributed by atoms with Gasteiger partial charge in [0.05, 0.1) is 18.6 Å². The SMILES string of the molecule is CCOC(=O)CC(=O)COc1cccc2c(=O)n(CCOC)ccc12. The van der Waals surface area contributed by atoms with Crippen LogP contribution in [0.2, 0.25) is 0 Å². The number of nitrogens with zero attached hydrogens (tertiary/aromatic N) is 1. The number of methoxy groups -OCH3 is 1. The molecule has 0 bridgehead atoms. The molecule has 2 rings (SSSR count). The maximum absolute atomic E-state index is 12.5. The molecule has 0 aliphatic carbocycles. The van der Waals surface area contributed by atoms with Gasteiger partial charge in [-0.25, -0.2) is 0 Å². The Morgan fingerprint density at radius 1 is 1.16 bits per heavy atom. The molecule has 0 aliphatic heterocycles. The number of esters is 1. The number of benzene rings is 1. The maximum Gasteiger partial charge on any atom is 0.313 e. The highest BCUT2D eigenvalue weighted by atomic mass is 16.5. The monoisotopic (exact) mass is 347 g/mol. The second-order valence-corrected chi connectivity index (χ2v) is 5.33. The average molecular weight is 347 g/mol. The number of rotatable bonds is 9. The van der Waals surface area contributed by atoms with Gasteiger partial charge in [-0.15, -0.1) is 0 Å². The highest BCUT2D eigenvalue weighted by molar-refractivity contribution is 5.96. The van der Waals surface area contributed by atoms with Crippen molar-refractivity contribution in [3.63, 3.8) is 0 Å². The van der Waals surface area contributed by atoms with Crippen LogP contribution in [0.15, 0.2) is 35.3 Å². The van der Waals surface area contributed by atoms with Gasteiger partial charge in [0, 0.05) is 25.2 Å². The highest BCUT2D eigenvalue weighted by Crippen LogP contribution is 2.23. The first-order chi connectivity index (χ1) is 12.1. The summed E-state index contributed by atoms with van der Waals surface area (Å²) in [7, 11) is 1.57. The number of carbonyl (C=O) groups is 2. The molecule has 25 heavy (non-hydrogen) atoms. The van der Waals surface area contributed by atoms with Crippen molar-refractivity contribution < 1.29 is 23.8 Å². The van der Waals surface area contributed by atoms with Crippen molar-refractivity contribution in [3.05, 3.63) is 40.8 Å². The molecule has 7 heteroatoms. The van der Waals surface area contributed by atoms with Crippen LogP contribution in [-0.4, -0.2) is 43.3 Å². The summed E-state index contributed by atoms with van der Waals surface area (Å²) in [5.41, 5.74) is -0.155. The van der Waals surface area contributed by atoms with E-state index in [1.807, 2.05) is 0 Å². The molecule has 0 aliphatic rings. The van der Waals surface area contributed by atoms with Crippen LogP contribution in [0.3, 0.4) is 0 Å². The van der Waals surface area contributed by atoms with Crippen LogP contribution in [0.1, 0.15) is 13.3 Å². The summed E-state index contributed by atoms with van der Waals surface area (Å²) in [5, 5.41) is 1.11. The van der Waals surface area contributed by atoms with Crippen molar-refractivity contribution in [2.45, 2.75) is 19.9 Å². The third kappa shape index (κ3) is 4.90. The molecule has 2 aromatic rings. The number of fused-ring (bicyclic) bond motifs is 1. The molecule has 0 spiro atoms. The van der Waals surface area contributed by atoms with Gasteiger partial charge in [0.1, 0.15) is 18.8 Å². The van der Waals surface area contributed by atoms with Crippen molar-refractivity contribution in [2.24, 2.45) is 0 Å². The molecule has 134 valence electrons. The predicted molar refractivity (Wildman–Crippen MR) is 91.8 cm³/mol. The van der Waals surface area contributed by atoms with Crippen molar-refractivity contribution in [2.75, 3.05) is 26.9 Å². The Balaban J connectivity index is 2.14. The van der Waals surface area contributed by atoms with Gasteiger partial charge in [-0.05, 0) is 25.1 Å². The number of aromatic nitrogens is 1. The number of Topliss-reactive ketones (excluding diaryl/α,β-unsaturated/α-hetero) is 1. The molecule has 0 radical (unpaired) electrons. The van der Waals surface area contributed by atoms with E-state index in [2.05, 4.69) is 0 Å². The second kappa shape index (κ2) is 8.98. The fourth-order valence-corrected chi connectivity index (χ4v) is 2.36. The Labute approximate surface area is 145 Å². The van der Waals surface area contributed by atoms with E-state index in [9.17, 15) is 14.4 Å². The summed E-state index contributed by atoms with van der Waals surface area (Å²) < 4.78 is 16.8. The van der Waals surface area contributed by atoms with E-state index in [1.54, 1.807) is 49.1 Å². The number of carbonyl (C=O) groups excluding carboxylic acids is 2. The van der Waals surface area contributed by atoms with E-state index in [-0.39, 0.29) is 31.0 Å². The van der Waals surface area contributed by atoms with Crippen LogP contribution in [0.4, 0.5) is 0 Å². The van der Waals surface area contributed by atoms with Crippen molar-refractivity contribution in [1.82, 2.24) is 4.57 Å². The standard InChI is InChI=1S/C18H21NO6/c1-3-24-17(21)11-13(20)12-25-16-6-4-5-15-14(16)7-8-19(18(15)22)9-10-23-2/h4-8H,3,9-12H2,1-2H3. The third-order valence-corrected chi connectivity index (χ3v) is 3.55. The van der Waals surface area contributed by atoms with Gasteiger partial charge in [0.2, 0.25) is 0 Å². The lowest BCUT2D eigenvalue weighted by molar-refractivity contribution is -0.145. The summed E-state index contributed by atoms with van der Waals surface area (Å²) in [6.45, 7) is 2.53. The van der Waals surface area contributed by atoms with E-state index in [0.717, 1.165) is 0 Å². The minimum Gasteiger partial charge on any atom is -0.485 e. The summed E-state index contributed by atoms with van der Waals surface area (Å²) in [5.74, 6) is -0.537. The Morgan fingerprint density at radius 2 is 1.96 bits per heavy atom. The number of ether oxygens (including phenoxy) is 3. The van der Waals surface area contributed by atoms with Crippen LogP contribution in [-0.2, 0) is 25.6 Å². The van der Waals surface area contributed by atoms with E-state index < -0.39 is 5.97 Å². The zero-order chi connectivity index (χ0) is 18.2. The molecule has 1 heterocycles. The van der Waals surface area contributed by atoms with Gasteiger partial charge in [-0.1, -0.05) is 6.07 Å². The largest absolute Gasteiger partial charge is 0.485 e. The Bertz CT molecular complexity index is 811. The molecular formula is C18H21NO6. The molecule has 7 nitrogen and oxygen atoms in total. The van der Waals surface area contributed by atoms with E-state index in [4.69, 9.17) is 14.2 Å². The summed E-state index contributed by atoms with van der Waals surface area (Å²) in [6.07, 6.45) is 1.33. The van der Waals surface area contributed by atoms with Crippen molar-refractivity contribution in [3.8, 4) is 5.75 Å². The third-order valence-electron chi connectivity index (χ3n) is 3.55. The van der Waals surface area contributed by atoms with Gasteiger partial charge in [0.25, 0.3) is 5.56 Å². The first-order valence-corrected chi connectivity index (χ1v) is 7.98. The molecule has 1 aromatic carbocycles. The molecule has 0 atom stereocenters. The van der Waals surface area contributed by atoms with Gasteiger partial charge in [-0.2, -0.15) is 0 Å². The number of ketones is 1. The summed E-state index contributed by atoms with van der Waals surface area (Å²) >= 11 is 0. The zero-order valence-electron chi connectivity index (χ0n) is 14.3. The number of hydrogen-bond acceptors (Lipinski definition) is 6. The van der Waals surface area contributed by atoms with Crippen molar-refractivity contribution in [1.29, 1.82) is 0 Å². The van der Waals surface area contributed by atoms with Crippen LogP contribution in [0.25, 0.3) is 10.8 Å². The topological polar surface area (TPSA) is 83.8 Å². The van der Waals surface area contributed by atoms with Crippen LogP contribution < -0.4 is 10.3 Å². The lowest BCUT2D eigenvalue weighted by atomic mass is 10.1. The zero-order valence-corrected chi connectivity index (χ0v) is 14.3. The maximum atomic E-state index is 12.5. The predicted octanol–water partition coefficient (Wildman–Crippen LogP) is 1.55. The Hall–Kier alpha value is -2.67. The van der Waals surface area contributed by atoms with Gasteiger partial charge >= 0.3 is 5.97 Å².